The molecule has 0 aromatic rings. The standard InChI is InChI=1S/C10H18N2O4/c1-7(2-3-8(13)14)12-9(15)10(11)4-5-16-6-10/h7H,2-6,11H2,1H3,(H,12,15)(H,13,14). The summed E-state index contributed by atoms with van der Waals surface area (Å²) in [7, 11) is 0. The van der Waals surface area contributed by atoms with Crippen LogP contribution in [0.1, 0.15) is 26.2 Å². The van der Waals surface area contributed by atoms with Gasteiger partial charge in [0.15, 0.2) is 0 Å². The van der Waals surface area contributed by atoms with Crippen molar-refractivity contribution >= 4 is 11.9 Å². The van der Waals surface area contributed by atoms with Crippen LogP contribution in [0, 0.1) is 0 Å². The van der Waals surface area contributed by atoms with E-state index in [1.54, 1.807) is 6.92 Å². The van der Waals surface area contributed by atoms with Crippen LogP contribution in [0.4, 0.5) is 0 Å². The lowest BCUT2D eigenvalue weighted by Gasteiger charge is -2.23. The number of hydrogen-bond acceptors (Lipinski definition) is 4. The van der Waals surface area contributed by atoms with E-state index in [1.807, 2.05) is 0 Å². The van der Waals surface area contributed by atoms with Crippen molar-refractivity contribution in [2.75, 3.05) is 13.2 Å². The Morgan fingerprint density at radius 2 is 2.31 bits per heavy atom. The summed E-state index contributed by atoms with van der Waals surface area (Å²) in [6, 6.07) is -0.190. The van der Waals surface area contributed by atoms with Gasteiger partial charge in [-0.3, -0.25) is 9.59 Å². The summed E-state index contributed by atoms with van der Waals surface area (Å²) in [5.74, 6) is -1.13. The van der Waals surface area contributed by atoms with Crippen molar-refractivity contribution in [1.82, 2.24) is 5.32 Å². The quantitative estimate of drug-likeness (QED) is 0.589. The molecule has 0 aromatic heterocycles. The smallest absolute Gasteiger partial charge is 0.303 e. The molecule has 1 saturated heterocycles. The molecule has 92 valence electrons. The summed E-state index contributed by atoms with van der Waals surface area (Å²) in [6.45, 7) is 2.48. The Hall–Kier alpha value is -1.14. The number of nitrogens with one attached hydrogen (secondary N) is 1. The number of amides is 1. The second kappa shape index (κ2) is 5.27. The molecule has 1 amide bonds. The summed E-state index contributed by atoms with van der Waals surface area (Å²) < 4.78 is 5.08. The van der Waals surface area contributed by atoms with Crippen LogP contribution in [-0.2, 0) is 14.3 Å². The number of carboxylic acid groups (broad SMARTS) is 1. The second-order valence-electron chi connectivity index (χ2n) is 4.27. The Morgan fingerprint density at radius 3 is 2.81 bits per heavy atom. The third kappa shape index (κ3) is 3.46. The normalized spacial score (nSPS) is 26.4. The lowest BCUT2D eigenvalue weighted by atomic mass is 9.98. The highest BCUT2D eigenvalue weighted by Crippen LogP contribution is 2.15. The van der Waals surface area contributed by atoms with Crippen LogP contribution in [0.15, 0.2) is 0 Å². The highest BCUT2D eigenvalue weighted by Gasteiger charge is 2.38. The minimum absolute atomic E-state index is 0.0372. The average molecular weight is 230 g/mol. The highest BCUT2D eigenvalue weighted by atomic mass is 16.5. The van der Waals surface area contributed by atoms with E-state index >= 15 is 0 Å². The van der Waals surface area contributed by atoms with Crippen molar-refractivity contribution in [3.63, 3.8) is 0 Å². The molecule has 1 fully saturated rings. The molecule has 2 atom stereocenters. The van der Waals surface area contributed by atoms with Crippen LogP contribution < -0.4 is 11.1 Å². The van der Waals surface area contributed by atoms with Crippen molar-refractivity contribution in [1.29, 1.82) is 0 Å². The molecule has 1 heterocycles. The Labute approximate surface area is 94.1 Å². The number of hydrogen-bond donors (Lipinski definition) is 3. The molecule has 0 aromatic carbocycles. The Morgan fingerprint density at radius 1 is 1.62 bits per heavy atom. The first kappa shape index (κ1) is 12.9. The first-order valence-corrected chi connectivity index (χ1v) is 5.33. The van der Waals surface area contributed by atoms with Gasteiger partial charge < -0.3 is 20.9 Å². The van der Waals surface area contributed by atoms with Gasteiger partial charge in [-0.2, -0.15) is 0 Å². The maximum Gasteiger partial charge on any atom is 0.303 e. The first-order valence-electron chi connectivity index (χ1n) is 5.33. The van der Waals surface area contributed by atoms with E-state index in [0.29, 0.717) is 19.4 Å². The molecule has 1 aliphatic heterocycles. The lowest BCUT2D eigenvalue weighted by molar-refractivity contribution is -0.137. The zero-order valence-electron chi connectivity index (χ0n) is 9.36. The number of nitrogens with two attached hydrogens (primary N) is 1. The molecule has 0 spiro atoms. The molecule has 4 N–H and O–H groups in total. The molecule has 0 bridgehead atoms. The van der Waals surface area contributed by atoms with Crippen molar-refractivity contribution < 1.29 is 19.4 Å². The molecule has 0 radical (unpaired) electrons. The van der Waals surface area contributed by atoms with Crippen LogP contribution in [0.25, 0.3) is 0 Å². The molecule has 6 nitrogen and oxygen atoms in total. The fraction of sp³-hybridized carbons (Fsp3) is 0.800. The van der Waals surface area contributed by atoms with E-state index in [0.717, 1.165) is 0 Å². The minimum atomic E-state index is -0.947. The molecule has 2 unspecified atom stereocenters. The molecular weight excluding hydrogens is 212 g/mol. The van der Waals surface area contributed by atoms with Crippen molar-refractivity contribution in [2.24, 2.45) is 5.73 Å². The Bertz CT molecular complexity index is 274. The van der Waals surface area contributed by atoms with Crippen LogP contribution in [0.2, 0.25) is 0 Å². The topological polar surface area (TPSA) is 102 Å². The van der Waals surface area contributed by atoms with E-state index < -0.39 is 11.5 Å². The van der Waals surface area contributed by atoms with Crippen LogP contribution in [0.3, 0.4) is 0 Å². The van der Waals surface area contributed by atoms with Gasteiger partial charge in [0.25, 0.3) is 0 Å². The van der Waals surface area contributed by atoms with Gasteiger partial charge >= 0.3 is 5.97 Å². The summed E-state index contributed by atoms with van der Waals surface area (Å²) >= 11 is 0. The van der Waals surface area contributed by atoms with Gasteiger partial charge in [-0.15, -0.1) is 0 Å². The third-order valence-electron chi connectivity index (χ3n) is 2.67. The van der Waals surface area contributed by atoms with Crippen molar-refractivity contribution in [2.45, 2.75) is 37.8 Å². The number of carboxylic acids is 1. The molecule has 16 heavy (non-hydrogen) atoms. The molecule has 0 aliphatic carbocycles. The average Bonchev–Trinajstić information content (AvgIpc) is 2.63. The van der Waals surface area contributed by atoms with E-state index in [-0.39, 0.29) is 25.0 Å². The molecule has 1 aliphatic rings. The minimum Gasteiger partial charge on any atom is -0.481 e. The SMILES string of the molecule is CC(CCC(=O)O)NC(=O)C1(N)CCOC1. The second-order valence-corrected chi connectivity index (χ2v) is 4.27. The van der Waals surface area contributed by atoms with Gasteiger partial charge in [0.1, 0.15) is 5.54 Å². The van der Waals surface area contributed by atoms with Gasteiger partial charge in [0, 0.05) is 19.1 Å². The monoisotopic (exact) mass is 230 g/mol. The Balaban J connectivity index is 2.35. The fourth-order valence-corrected chi connectivity index (χ4v) is 1.54. The molecule has 6 heteroatoms. The number of carbonyl (C=O) groups is 2. The van der Waals surface area contributed by atoms with Gasteiger partial charge in [-0.1, -0.05) is 0 Å². The van der Waals surface area contributed by atoms with E-state index in [2.05, 4.69) is 5.32 Å². The maximum absolute atomic E-state index is 11.8. The van der Waals surface area contributed by atoms with Crippen LogP contribution in [0.5, 0.6) is 0 Å². The largest absolute Gasteiger partial charge is 0.481 e. The van der Waals surface area contributed by atoms with Gasteiger partial charge in [0.2, 0.25) is 5.91 Å². The van der Waals surface area contributed by atoms with Crippen LogP contribution >= 0.6 is 0 Å². The zero-order valence-corrected chi connectivity index (χ0v) is 9.36. The molecule has 1 rings (SSSR count). The van der Waals surface area contributed by atoms with E-state index in [4.69, 9.17) is 15.6 Å². The summed E-state index contributed by atoms with van der Waals surface area (Å²) in [6.07, 6.45) is 0.942. The number of ether oxygens (including phenoxy) is 1. The van der Waals surface area contributed by atoms with Gasteiger partial charge in [-0.05, 0) is 19.8 Å². The number of carbonyl (C=O) groups excluding carboxylic acids is 1. The number of aliphatic carboxylic acids is 1. The van der Waals surface area contributed by atoms with Crippen molar-refractivity contribution in [3.05, 3.63) is 0 Å². The summed E-state index contributed by atoms with van der Waals surface area (Å²) in [4.78, 5) is 22.1. The lowest BCUT2D eigenvalue weighted by Crippen LogP contribution is -2.56. The molecular formula is C10H18N2O4. The summed E-state index contributed by atoms with van der Waals surface area (Å²) in [5, 5.41) is 11.2. The fourth-order valence-electron chi connectivity index (χ4n) is 1.54. The van der Waals surface area contributed by atoms with E-state index in [9.17, 15) is 9.59 Å². The van der Waals surface area contributed by atoms with Crippen molar-refractivity contribution in [3.8, 4) is 0 Å². The molecule has 0 saturated carbocycles. The first-order chi connectivity index (χ1) is 7.44. The maximum atomic E-state index is 11.8. The Kier molecular flexibility index (Phi) is 4.26. The third-order valence-corrected chi connectivity index (χ3v) is 2.67. The predicted octanol–water partition coefficient (Wildman–Crippen LogP) is -0.526. The van der Waals surface area contributed by atoms with E-state index in [1.165, 1.54) is 0 Å². The van der Waals surface area contributed by atoms with Crippen LogP contribution in [-0.4, -0.2) is 41.8 Å². The zero-order chi connectivity index (χ0) is 12.2. The highest BCUT2D eigenvalue weighted by molar-refractivity contribution is 5.86. The number of rotatable bonds is 5. The van der Waals surface area contributed by atoms with Gasteiger partial charge in [-0.25, -0.2) is 0 Å². The predicted molar refractivity (Wildman–Crippen MR) is 56.8 cm³/mol. The van der Waals surface area contributed by atoms with Gasteiger partial charge in [0.05, 0.1) is 6.61 Å². The summed E-state index contributed by atoms with van der Waals surface area (Å²) in [5.41, 5.74) is 4.91.